The first-order chi connectivity index (χ1) is 13.7. The highest BCUT2D eigenvalue weighted by Crippen LogP contribution is 2.24. The summed E-state index contributed by atoms with van der Waals surface area (Å²) in [6, 6.07) is 7.52. The Balaban J connectivity index is 1.67. The number of aromatic nitrogens is 3. The minimum Gasteiger partial charge on any atom is -0.378 e. The molecule has 1 N–H and O–H groups in total. The number of amides is 1. The minimum atomic E-state index is -0.0999. The van der Waals surface area contributed by atoms with Crippen molar-refractivity contribution in [1.29, 1.82) is 0 Å². The van der Waals surface area contributed by atoms with Gasteiger partial charge in [-0.2, -0.15) is 15.0 Å². The van der Waals surface area contributed by atoms with Gasteiger partial charge in [0, 0.05) is 44.4 Å². The van der Waals surface area contributed by atoms with Crippen LogP contribution in [-0.4, -0.2) is 73.5 Å². The average molecular weight is 384 g/mol. The molecule has 9 heteroatoms. The SMILES string of the molecule is CC(=O)Nc1ccc(-c2nc(N3CCOCC3)nc(N3CCOCC3)n2)cc1. The highest BCUT2D eigenvalue weighted by atomic mass is 16.5. The second-order valence-electron chi connectivity index (χ2n) is 6.72. The lowest BCUT2D eigenvalue weighted by Crippen LogP contribution is -2.40. The van der Waals surface area contributed by atoms with Gasteiger partial charge >= 0.3 is 0 Å². The molecule has 1 aromatic heterocycles. The van der Waals surface area contributed by atoms with Crippen LogP contribution in [0.2, 0.25) is 0 Å². The van der Waals surface area contributed by atoms with E-state index < -0.39 is 0 Å². The molecule has 0 aliphatic carbocycles. The predicted molar refractivity (Wildman–Crippen MR) is 106 cm³/mol. The molecule has 0 unspecified atom stereocenters. The number of carbonyl (C=O) groups excluding carboxylic acids is 1. The summed E-state index contributed by atoms with van der Waals surface area (Å²) in [5.74, 6) is 1.85. The van der Waals surface area contributed by atoms with Crippen LogP contribution in [0.25, 0.3) is 11.4 Å². The molecule has 2 aromatic rings. The fraction of sp³-hybridized carbons (Fsp3) is 0.474. The molecule has 2 fully saturated rings. The van der Waals surface area contributed by atoms with E-state index in [2.05, 4.69) is 15.1 Å². The molecule has 1 aromatic carbocycles. The molecule has 0 spiro atoms. The van der Waals surface area contributed by atoms with Crippen molar-refractivity contribution in [2.75, 3.05) is 67.7 Å². The van der Waals surface area contributed by atoms with Crippen molar-refractivity contribution in [1.82, 2.24) is 15.0 Å². The molecule has 9 nitrogen and oxygen atoms in total. The van der Waals surface area contributed by atoms with Gasteiger partial charge in [-0.15, -0.1) is 0 Å². The van der Waals surface area contributed by atoms with E-state index in [1.807, 2.05) is 24.3 Å². The highest BCUT2D eigenvalue weighted by molar-refractivity contribution is 5.88. The molecule has 148 valence electrons. The number of hydrogen-bond acceptors (Lipinski definition) is 8. The lowest BCUT2D eigenvalue weighted by Gasteiger charge is -2.30. The number of carbonyl (C=O) groups is 1. The first-order valence-electron chi connectivity index (χ1n) is 9.48. The summed E-state index contributed by atoms with van der Waals surface area (Å²) in [5, 5.41) is 2.77. The summed E-state index contributed by atoms with van der Waals surface area (Å²) in [7, 11) is 0. The van der Waals surface area contributed by atoms with Crippen LogP contribution in [0.3, 0.4) is 0 Å². The smallest absolute Gasteiger partial charge is 0.230 e. The molecule has 28 heavy (non-hydrogen) atoms. The van der Waals surface area contributed by atoms with Crippen LogP contribution in [0, 0.1) is 0 Å². The number of morpholine rings is 2. The predicted octanol–water partition coefficient (Wildman–Crippen LogP) is 1.17. The monoisotopic (exact) mass is 384 g/mol. The standard InChI is InChI=1S/C19H24N6O3/c1-14(26)20-16-4-2-15(3-5-16)17-21-18(24-6-10-27-11-7-24)23-19(22-17)25-8-12-28-13-9-25/h2-5H,6-13H2,1H3,(H,20,26). The second-order valence-corrected chi connectivity index (χ2v) is 6.72. The third-order valence-corrected chi connectivity index (χ3v) is 4.66. The van der Waals surface area contributed by atoms with Crippen LogP contribution in [0.15, 0.2) is 24.3 Å². The molecule has 0 saturated carbocycles. The average Bonchev–Trinajstić information content (AvgIpc) is 2.75. The van der Waals surface area contributed by atoms with Gasteiger partial charge in [0.05, 0.1) is 26.4 Å². The summed E-state index contributed by atoms with van der Waals surface area (Å²) in [4.78, 5) is 29.6. The topological polar surface area (TPSA) is 92.7 Å². The molecular weight excluding hydrogens is 360 g/mol. The van der Waals surface area contributed by atoms with E-state index in [0.29, 0.717) is 44.1 Å². The minimum absolute atomic E-state index is 0.0999. The lowest BCUT2D eigenvalue weighted by atomic mass is 10.2. The van der Waals surface area contributed by atoms with Gasteiger partial charge in [-0.05, 0) is 24.3 Å². The zero-order valence-electron chi connectivity index (χ0n) is 15.9. The van der Waals surface area contributed by atoms with E-state index in [-0.39, 0.29) is 5.91 Å². The van der Waals surface area contributed by atoms with Crippen LogP contribution in [-0.2, 0) is 14.3 Å². The van der Waals surface area contributed by atoms with Crippen LogP contribution >= 0.6 is 0 Å². The zero-order valence-corrected chi connectivity index (χ0v) is 15.9. The Morgan fingerprint density at radius 1 is 0.857 bits per heavy atom. The van der Waals surface area contributed by atoms with Crippen molar-refractivity contribution in [2.45, 2.75) is 6.92 Å². The molecular formula is C19H24N6O3. The van der Waals surface area contributed by atoms with E-state index in [1.54, 1.807) is 0 Å². The Labute approximate surface area is 163 Å². The normalized spacial score (nSPS) is 17.5. The third kappa shape index (κ3) is 4.37. The highest BCUT2D eigenvalue weighted by Gasteiger charge is 2.21. The van der Waals surface area contributed by atoms with E-state index in [1.165, 1.54) is 6.92 Å². The third-order valence-electron chi connectivity index (χ3n) is 4.66. The Morgan fingerprint density at radius 2 is 1.36 bits per heavy atom. The summed E-state index contributed by atoms with van der Waals surface area (Å²) in [6.45, 7) is 7.18. The molecule has 0 atom stereocenters. The van der Waals surface area contributed by atoms with E-state index in [9.17, 15) is 4.79 Å². The molecule has 2 aliphatic heterocycles. The maximum absolute atomic E-state index is 11.2. The Morgan fingerprint density at radius 3 is 1.82 bits per heavy atom. The number of anilines is 3. The van der Waals surface area contributed by atoms with E-state index >= 15 is 0 Å². The number of hydrogen-bond donors (Lipinski definition) is 1. The molecule has 4 rings (SSSR count). The van der Waals surface area contributed by atoms with Gasteiger partial charge in [0.2, 0.25) is 17.8 Å². The van der Waals surface area contributed by atoms with Gasteiger partial charge in [-0.25, -0.2) is 0 Å². The fourth-order valence-electron chi connectivity index (χ4n) is 3.20. The Bertz CT molecular complexity index is 781. The number of benzene rings is 1. The van der Waals surface area contributed by atoms with Crippen LogP contribution in [0.4, 0.5) is 17.6 Å². The van der Waals surface area contributed by atoms with Gasteiger partial charge in [-0.3, -0.25) is 4.79 Å². The first kappa shape index (κ1) is 18.6. The maximum Gasteiger partial charge on any atom is 0.230 e. The summed E-state index contributed by atoms with van der Waals surface area (Å²) in [6.07, 6.45) is 0. The van der Waals surface area contributed by atoms with Gasteiger partial charge in [0.25, 0.3) is 0 Å². The van der Waals surface area contributed by atoms with Crippen molar-refractivity contribution < 1.29 is 14.3 Å². The molecule has 0 bridgehead atoms. The second kappa shape index (κ2) is 8.49. The van der Waals surface area contributed by atoms with Crippen LogP contribution in [0.1, 0.15) is 6.92 Å². The molecule has 0 radical (unpaired) electrons. The first-order valence-corrected chi connectivity index (χ1v) is 9.48. The lowest BCUT2D eigenvalue weighted by molar-refractivity contribution is -0.114. The summed E-state index contributed by atoms with van der Waals surface area (Å²) in [5.41, 5.74) is 1.62. The van der Waals surface area contributed by atoms with Gasteiger partial charge in [0.1, 0.15) is 0 Å². The van der Waals surface area contributed by atoms with Crippen molar-refractivity contribution in [2.24, 2.45) is 0 Å². The summed E-state index contributed by atoms with van der Waals surface area (Å²) < 4.78 is 10.9. The van der Waals surface area contributed by atoms with Crippen LogP contribution in [0.5, 0.6) is 0 Å². The van der Waals surface area contributed by atoms with Crippen molar-refractivity contribution in [3.8, 4) is 11.4 Å². The number of nitrogens with one attached hydrogen (secondary N) is 1. The van der Waals surface area contributed by atoms with Crippen molar-refractivity contribution in [3.63, 3.8) is 0 Å². The van der Waals surface area contributed by atoms with Gasteiger partial charge < -0.3 is 24.6 Å². The number of nitrogens with zero attached hydrogens (tertiary/aromatic N) is 5. The number of rotatable bonds is 4. The molecule has 1 amide bonds. The Hall–Kier alpha value is -2.78. The van der Waals surface area contributed by atoms with E-state index in [4.69, 9.17) is 24.4 Å². The van der Waals surface area contributed by atoms with E-state index in [0.717, 1.165) is 37.4 Å². The zero-order chi connectivity index (χ0) is 19.3. The fourth-order valence-corrected chi connectivity index (χ4v) is 3.20. The maximum atomic E-state index is 11.2. The van der Waals surface area contributed by atoms with Crippen molar-refractivity contribution >= 4 is 23.5 Å². The van der Waals surface area contributed by atoms with Crippen LogP contribution < -0.4 is 15.1 Å². The van der Waals surface area contributed by atoms with Gasteiger partial charge in [0.15, 0.2) is 5.82 Å². The largest absolute Gasteiger partial charge is 0.378 e. The molecule has 2 aliphatic rings. The number of ether oxygens (including phenoxy) is 2. The quantitative estimate of drug-likeness (QED) is 0.840. The van der Waals surface area contributed by atoms with Crippen molar-refractivity contribution in [3.05, 3.63) is 24.3 Å². The van der Waals surface area contributed by atoms with Gasteiger partial charge in [-0.1, -0.05) is 0 Å². The molecule has 2 saturated heterocycles. The summed E-state index contributed by atoms with van der Waals surface area (Å²) >= 11 is 0. The Kier molecular flexibility index (Phi) is 5.63. The molecule has 3 heterocycles.